The van der Waals surface area contributed by atoms with Crippen molar-refractivity contribution in [1.29, 1.82) is 0 Å². The molecule has 0 fully saturated rings. The van der Waals surface area contributed by atoms with Crippen molar-refractivity contribution in [2.24, 2.45) is 10.9 Å². The Hall–Kier alpha value is -0.920. The molecule has 0 aliphatic carbocycles. The van der Waals surface area contributed by atoms with Crippen LogP contribution < -0.4 is 0 Å². The van der Waals surface area contributed by atoms with Gasteiger partial charge in [-0.3, -0.25) is 4.99 Å². The molecule has 0 N–H and O–H groups in total. The van der Waals surface area contributed by atoms with Gasteiger partial charge in [-0.25, -0.2) is 0 Å². The van der Waals surface area contributed by atoms with Gasteiger partial charge in [-0.05, 0) is 5.92 Å². The summed E-state index contributed by atoms with van der Waals surface area (Å²) in [4.78, 5) is 3.46. The summed E-state index contributed by atoms with van der Waals surface area (Å²) in [7, 11) is 1.44. The normalized spacial score (nSPS) is 13.9. The van der Waals surface area contributed by atoms with E-state index in [9.17, 15) is 4.39 Å². The van der Waals surface area contributed by atoms with Gasteiger partial charge in [-0.15, -0.1) is 0 Å². The molecule has 0 aromatic rings. The topological polar surface area (TPSA) is 12.4 Å². The Balaban J connectivity index is 4.61. The van der Waals surface area contributed by atoms with Gasteiger partial charge in [0.15, 0.2) is 0 Å². The lowest BCUT2D eigenvalue weighted by Crippen LogP contribution is -2.02. The lowest BCUT2D eigenvalue weighted by atomic mass is 10.0. The molecule has 0 atom stereocenters. The lowest BCUT2D eigenvalue weighted by molar-refractivity contribution is 0.732. The van der Waals surface area contributed by atoms with Gasteiger partial charge in [0.1, 0.15) is 0 Å². The highest BCUT2D eigenvalue weighted by atomic mass is 19.1. The Morgan fingerprint density at radius 3 is 2.36 bits per heavy atom. The molecular formula is C9H14FN. The fraction of sp³-hybridized carbons (Fsp3) is 0.444. The van der Waals surface area contributed by atoms with Crippen molar-refractivity contribution in [1.82, 2.24) is 0 Å². The maximum atomic E-state index is 12.9. The molecule has 2 heteroatoms. The SMILES string of the molecule is C=C/C=C(\C(F)=NC)C(C)C. The number of allylic oxidation sites excluding steroid dienone is 3. The van der Waals surface area contributed by atoms with E-state index < -0.39 is 5.97 Å². The van der Waals surface area contributed by atoms with Crippen molar-refractivity contribution in [2.45, 2.75) is 13.8 Å². The molecule has 0 aromatic heterocycles. The van der Waals surface area contributed by atoms with E-state index in [4.69, 9.17) is 0 Å². The molecule has 11 heavy (non-hydrogen) atoms. The minimum atomic E-state index is -0.403. The van der Waals surface area contributed by atoms with Crippen molar-refractivity contribution in [3.63, 3.8) is 0 Å². The van der Waals surface area contributed by atoms with Crippen LogP contribution in [0.4, 0.5) is 4.39 Å². The van der Waals surface area contributed by atoms with Crippen LogP contribution in [0.25, 0.3) is 0 Å². The minimum absolute atomic E-state index is 0.150. The zero-order valence-electron chi connectivity index (χ0n) is 7.26. The fourth-order valence-electron chi connectivity index (χ4n) is 0.755. The number of nitrogens with zero attached hydrogens (tertiary/aromatic N) is 1. The fourth-order valence-corrected chi connectivity index (χ4v) is 0.755. The molecule has 0 unspecified atom stereocenters. The minimum Gasteiger partial charge on any atom is -0.261 e. The van der Waals surface area contributed by atoms with E-state index in [-0.39, 0.29) is 5.92 Å². The van der Waals surface area contributed by atoms with Crippen molar-refractivity contribution >= 4 is 5.97 Å². The molecule has 0 aliphatic rings. The second kappa shape index (κ2) is 4.83. The number of hydrogen-bond acceptors (Lipinski definition) is 1. The maximum Gasteiger partial charge on any atom is 0.211 e. The van der Waals surface area contributed by atoms with Gasteiger partial charge in [-0.1, -0.05) is 32.6 Å². The summed E-state index contributed by atoms with van der Waals surface area (Å²) in [5, 5.41) is 0. The summed E-state index contributed by atoms with van der Waals surface area (Å²) in [5.74, 6) is -0.253. The summed E-state index contributed by atoms with van der Waals surface area (Å²) in [5.41, 5.74) is 0.600. The Bertz CT molecular complexity index is 190. The van der Waals surface area contributed by atoms with Gasteiger partial charge < -0.3 is 0 Å². The van der Waals surface area contributed by atoms with Crippen LogP contribution in [0.2, 0.25) is 0 Å². The predicted molar refractivity (Wildman–Crippen MR) is 47.6 cm³/mol. The molecule has 0 saturated carbocycles. The van der Waals surface area contributed by atoms with E-state index in [0.717, 1.165) is 0 Å². The van der Waals surface area contributed by atoms with E-state index in [1.54, 1.807) is 12.2 Å². The quantitative estimate of drug-likeness (QED) is 0.439. The largest absolute Gasteiger partial charge is 0.261 e. The highest BCUT2D eigenvalue weighted by molar-refractivity contribution is 5.93. The average Bonchev–Trinajstić information content (AvgIpc) is 1.98. The molecule has 0 rings (SSSR count). The summed E-state index contributed by atoms with van der Waals surface area (Å²) in [6, 6.07) is 0. The molecule has 0 saturated heterocycles. The highest BCUT2D eigenvalue weighted by Gasteiger charge is 2.07. The van der Waals surface area contributed by atoms with Crippen LogP contribution >= 0.6 is 0 Å². The molecule has 0 spiro atoms. The van der Waals surface area contributed by atoms with Gasteiger partial charge in [-0.2, -0.15) is 4.39 Å². The number of rotatable bonds is 3. The number of halogens is 1. The second-order valence-electron chi connectivity index (χ2n) is 2.53. The molecule has 0 heterocycles. The van der Waals surface area contributed by atoms with Crippen LogP contribution in [0, 0.1) is 5.92 Å². The number of hydrogen-bond donors (Lipinski definition) is 0. The van der Waals surface area contributed by atoms with Gasteiger partial charge in [0, 0.05) is 12.6 Å². The van der Waals surface area contributed by atoms with E-state index >= 15 is 0 Å². The van der Waals surface area contributed by atoms with Crippen molar-refractivity contribution in [3.05, 3.63) is 24.3 Å². The molecule has 0 aromatic carbocycles. The van der Waals surface area contributed by atoms with E-state index in [1.165, 1.54) is 7.05 Å². The van der Waals surface area contributed by atoms with Crippen LogP contribution in [-0.2, 0) is 0 Å². The number of aliphatic imine (C=N–C) groups is 1. The van der Waals surface area contributed by atoms with Crippen molar-refractivity contribution in [3.8, 4) is 0 Å². The van der Waals surface area contributed by atoms with Crippen LogP contribution in [0.3, 0.4) is 0 Å². The summed E-state index contributed by atoms with van der Waals surface area (Å²) >= 11 is 0. The zero-order valence-corrected chi connectivity index (χ0v) is 7.26. The summed E-state index contributed by atoms with van der Waals surface area (Å²) in [6.07, 6.45) is 3.22. The van der Waals surface area contributed by atoms with Crippen LogP contribution in [-0.4, -0.2) is 13.0 Å². The summed E-state index contributed by atoms with van der Waals surface area (Å²) < 4.78 is 12.9. The molecule has 62 valence electrons. The molecular weight excluding hydrogens is 141 g/mol. The first kappa shape index (κ1) is 10.1. The third kappa shape index (κ3) is 3.12. The van der Waals surface area contributed by atoms with E-state index in [1.807, 2.05) is 13.8 Å². The van der Waals surface area contributed by atoms with Gasteiger partial charge in [0.2, 0.25) is 5.97 Å². The first-order valence-corrected chi connectivity index (χ1v) is 3.58. The Labute approximate surface area is 67.3 Å². The predicted octanol–water partition coefficient (Wildman–Crippen LogP) is 2.75. The average molecular weight is 155 g/mol. The highest BCUT2D eigenvalue weighted by Crippen LogP contribution is 2.12. The van der Waals surface area contributed by atoms with Gasteiger partial charge in [0.05, 0.1) is 0 Å². The molecule has 1 nitrogen and oxygen atoms in total. The van der Waals surface area contributed by atoms with Crippen LogP contribution in [0.15, 0.2) is 29.3 Å². The third-order valence-electron chi connectivity index (χ3n) is 1.35. The first-order valence-electron chi connectivity index (χ1n) is 3.58. The smallest absolute Gasteiger partial charge is 0.211 e. The van der Waals surface area contributed by atoms with Gasteiger partial charge in [0.25, 0.3) is 0 Å². The van der Waals surface area contributed by atoms with Crippen LogP contribution in [0.5, 0.6) is 0 Å². The van der Waals surface area contributed by atoms with Crippen molar-refractivity contribution in [2.75, 3.05) is 7.05 Å². The Morgan fingerprint density at radius 2 is 2.09 bits per heavy atom. The molecule has 0 aliphatic heterocycles. The Kier molecular flexibility index (Phi) is 4.42. The summed E-state index contributed by atoms with van der Waals surface area (Å²) in [6.45, 7) is 7.34. The molecule has 0 radical (unpaired) electrons. The standard InChI is InChI=1S/C9H14FN/c1-5-6-8(7(2)3)9(10)11-4/h5-7H,1H2,2-4H3/b8-6-,11-9?. The van der Waals surface area contributed by atoms with E-state index in [0.29, 0.717) is 5.57 Å². The second-order valence-corrected chi connectivity index (χ2v) is 2.53. The molecule has 0 bridgehead atoms. The van der Waals surface area contributed by atoms with Crippen LogP contribution in [0.1, 0.15) is 13.8 Å². The zero-order chi connectivity index (χ0) is 8.85. The third-order valence-corrected chi connectivity index (χ3v) is 1.35. The Morgan fingerprint density at radius 1 is 1.55 bits per heavy atom. The van der Waals surface area contributed by atoms with Gasteiger partial charge >= 0.3 is 0 Å². The molecule has 0 amide bonds. The van der Waals surface area contributed by atoms with E-state index in [2.05, 4.69) is 11.6 Å². The van der Waals surface area contributed by atoms with Crippen molar-refractivity contribution < 1.29 is 4.39 Å². The lowest BCUT2D eigenvalue weighted by Gasteiger charge is -2.05. The monoisotopic (exact) mass is 155 g/mol. The maximum absolute atomic E-state index is 12.9. The first-order chi connectivity index (χ1) is 5.13.